The van der Waals surface area contributed by atoms with Crippen LogP contribution in [0.2, 0.25) is 5.02 Å². The second-order valence-corrected chi connectivity index (χ2v) is 7.78. The second kappa shape index (κ2) is 10.6. The Kier molecular flexibility index (Phi) is 8.42. The van der Waals surface area contributed by atoms with E-state index in [1.807, 2.05) is 30.5 Å². The van der Waals surface area contributed by atoms with Gasteiger partial charge >= 0.3 is 12.1 Å². The van der Waals surface area contributed by atoms with E-state index in [1.54, 1.807) is 11.3 Å². The van der Waals surface area contributed by atoms with Gasteiger partial charge in [-0.15, -0.1) is 11.3 Å². The molecule has 1 aliphatic rings. The summed E-state index contributed by atoms with van der Waals surface area (Å²) >= 11 is 7.57. The van der Waals surface area contributed by atoms with Gasteiger partial charge in [0, 0.05) is 47.2 Å². The van der Waals surface area contributed by atoms with Crippen molar-refractivity contribution in [3.63, 3.8) is 0 Å². The number of rotatable bonds is 5. The lowest BCUT2D eigenvalue weighted by atomic mass is 10.0. The summed E-state index contributed by atoms with van der Waals surface area (Å²) in [7, 11) is 0. The molecule has 29 heavy (non-hydrogen) atoms. The summed E-state index contributed by atoms with van der Waals surface area (Å²) in [6.07, 6.45) is -0.478. The van der Waals surface area contributed by atoms with E-state index < -0.39 is 12.1 Å². The fourth-order valence-electron chi connectivity index (χ4n) is 2.52. The van der Waals surface area contributed by atoms with Gasteiger partial charge in [-0.25, -0.2) is 9.78 Å². The number of alkyl halides is 3. The monoisotopic (exact) mass is 449 g/mol. The maximum Gasteiger partial charge on any atom is 0.490 e. The van der Waals surface area contributed by atoms with E-state index in [1.165, 1.54) is 4.88 Å². The molecule has 1 saturated heterocycles. The van der Waals surface area contributed by atoms with Crippen LogP contribution in [-0.2, 0) is 16.1 Å². The van der Waals surface area contributed by atoms with Crippen LogP contribution >= 0.6 is 22.9 Å². The van der Waals surface area contributed by atoms with E-state index in [0.29, 0.717) is 6.42 Å². The third-order valence-corrected chi connectivity index (χ3v) is 5.20. The molecule has 1 fully saturated rings. The van der Waals surface area contributed by atoms with Gasteiger partial charge in [0.15, 0.2) is 0 Å². The Morgan fingerprint density at radius 2 is 2.00 bits per heavy atom. The van der Waals surface area contributed by atoms with Crippen LogP contribution in [0.5, 0.6) is 0 Å². The highest BCUT2D eigenvalue weighted by atomic mass is 35.5. The van der Waals surface area contributed by atoms with E-state index in [0.717, 1.165) is 41.5 Å². The summed E-state index contributed by atoms with van der Waals surface area (Å²) in [4.78, 5) is 25.9. The first kappa shape index (κ1) is 23.1. The summed E-state index contributed by atoms with van der Waals surface area (Å²) in [5, 5.41) is 15.3. The molecule has 1 aromatic heterocycles. The third kappa shape index (κ3) is 8.00. The first-order chi connectivity index (χ1) is 13.6. The van der Waals surface area contributed by atoms with Crippen LogP contribution in [0.15, 0.2) is 30.5 Å². The molecular formula is C18H19ClF3N3O3S. The number of carbonyl (C=O) groups is 2. The van der Waals surface area contributed by atoms with Gasteiger partial charge < -0.3 is 15.7 Å². The van der Waals surface area contributed by atoms with E-state index in [-0.39, 0.29) is 11.9 Å². The molecule has 0 bridgehead atoms. The number of hydrogen-bond acceptors (Lipinski definition) is 5. The molecule has 11 heteroatoms. The van der Waals surface area contributed by atoms with Crippen LogP contribution in [0, 0.1) is 0 Å². The molecule has 0 aliphatic carbocycles. The molecule has 6 nitrogen and oxygen atoms in total. The molecule has 1 aromatic carbocycles. The SMILES string of the molecule is O=C(O)C(F)(F)F.O=C1CCC[C@H](CNCc2cnc(-c3ccc(Cl)cc3)s2)N1. The molecule has 2 aromatic rings. The molecule has 0 saturated carbocycles. The number of benzene rings is 1. The van der Waals surface area contributed by atoms with E-state index in [2.05, 4.69) is 15.6 Å². The number of amides is 1. The number of thiazole rings is 1. The molecule has 1 aliphatic heterocycles. The Morgan fingerprint density at radius 1 is 1.34 bits per heavy atom. The van der Waals surface area contributed by atoms with Crippen molar-refractivity contribution in [2.45, 2.75) is 38.0 Å². The number of carboxylic acids is 1. The van der Waals surface area contributed by atoms with Crippen LogP contribution in [0.3, 0.4) is 0 Å². The standard InChI is InChI=1S/C16H18ClN3OS.C2HF3O2/c17-12-6-4-11(5-7-12)16-19-10-14(22-16)9-18-8-13-2-1-3-15(21)20-13;3-2(4,5)1(6)7/h4-7,10,13,18H,1-3,8-9H2,(H,20,21);(H,6,7)/t13-;/m1./s1. The third-order valence-electron chi connectivity index (χ3n) is 3.90. The normalized spacial score (nSPS) is 16.6. The Balaban J connectivity index is 0.000000370. The predicted octanol–water partition coefficient (Wildman–Crippen LogP) is 3.86. The van der Waals surface area contributed by atoms with Gasteiger partial charge in [0.05, 0.1) is 0 Å². The number of carboxylic acid groups (broad SMARTS) is 1. The van der Waals surface area contributed by atoms with Crippen LogP contribution in [0.1, 0.15) is 24.1 Å². The molecule has 0 spiro atoms. The highest BCUT2D eigenvalue weighted by Crippen LogP contribution is 2.26. The van der Waals surface area contributed by atoms with Gasteiger partial charge in [0.1, 0.15) is 5.01 Å². The summed E-state index contributed by atoms with van der Waals surface area (Å²) in [6.45, 7) is 1.58. The summed E-state index contributed by atoms with van der Waals surface area (Å²) in [6, 6.07) is 7.97. The molecule has 158 valence electrons. The number of halogens is 4. The van der Waals surface area contributed by atoms with Gasteiger partial charge in [-0.1, -0.05) is 23.7 Å². The van der Waals surface area contributed by atoms with Crippen LogP contribution in [0.4, 0.5) is 13.2 Å². The second-order valence-electron chi connectivity index (χ2n) is 6.23. The number of nitrogens with one attached hydrogen (secondary N) is 2. The van der Waals surface area contributed by atoms with Crippen LogP contribution in [0.25, 0.3) is 10.6 Å². The van der Waals surface area contributed by atoms with Crippen molar-refractivity contribution in [2.24, 2.45) is 0 Å². The molecule has 3 rings (SSSR count). The van der Waals surface area contributed by atoms with Gasteiger partial charge in [-0.3, -0.25) is 4.79 Å². The van der Waals surface area contributed by atoms with E-state index >= 15 is 0 Å². The minimum absolute atomic E-state index is 0.167. The number of aliphatic carboxylic acids is 1. The van der Waals surface area contributed by atoms with Crippen molar-refractivity contribution >= 4 is 34.8 Å². The lowest BCUT2D eigenvalue weighted by Crippen LogP contribution is -2.44. The number of aromatic nitrogens is 1. The minimum atomic E-state index is -5.08. The van der Waals surface area contributed by atoms with E-state index in [4.69, 9.17) is 21.5 Å². The smallest absolute Gasteiger partial charge is 0.475 e. The maximum absolute atomic E-state index is 11.3. The highest BCUT2D eigenvalue weighted by Gasteiger charge is 2.38. The fraction of sp³-hybridized carbons (Fsp3) is 0.389. The van der Waals surface area contributed by atoms with Crippen LogP contribution < -0.4 is 10.6 Å². The quantitative estimate of drug-likeness (QED) is 0.645. The highest BCUT2D eigenvalue weighted by molar-refractivity contribution is 7.15. The van der Waals surface area contributed by atoms with Crippen LogP contribution in [-0.4, -0.2) is 40.7 Å². The van der Waals surface area contributed by atoms with Gasteiger partial charge in [0.2, 0.25) is 5.91 Å². The number of hydrogen-bond donors (Lipinski definition) is 3. The van der Waals surface area contributed by atoms with Gasteiger partial charge in [-0.05, 0) is 25.0 Å². The van der Waals surface area contributed by atoms with Crippen molar-refractivity contribution in [3.05, 3.63) is 40.4 Å². The Bertz CT molecular complexity index is 828. The zero-order valence-electron chi connectivity index (χ0n) is 15.1. The molecular weight excluding hydrogens is 431 g/mol. The first-order valence-corrected chi connectivity index (χ1v) is 9.85. The number of piperidine rings is 1. The Morgan fingerprint density at radius 3 is 2.59 bits per heavy atom. The molecule has 2 heterocycles. The minimum Gasteiger partial charge on any atom is -0.475 e. The molecule has 0 radical (unpaired) electrons. The maximum atomic E-state index is 11.3. The first-order valence-electron chi connectivity index (χ1n) is 8.66. The predicted molar refractivity (Wildman–Crippen MR) is 104 cm³/mol. The summed E-state index contributed by atoms with van der Waals surface area (Å²) in [5.74, 6) is -2.59. The average Bonchev–Trinajstić information content (AvgIpc) is 3.11. The molecule has 1 atom stereocenters. The fourth-order valence-corrected chi connectivity index (χ4v) is 3.53. The lowest BCUT2D eigenvalue weighted by molar-refractivity contribution is -0.192. The number of carbonyl (C=O) groups excluding carboxylic acids is 1. The van der Waals surface area contributed by atoms with Crippen molar-refractivity contribution in [1.82, 2.24) is 15.6 Å². The van der Waals surface area contributed by atoms with Gasteiger partial charge in [-0.2, -0.15) is 13.2 Å². The topological polar surface area (TPSA) is 91.3 Å². The zero-order valence-corrected chi connectivity index (χ0v) is 16.7. The Labute approximate surface area is 174 Å². The van der Waals surface area contributed by atoms with Crippen molar-refractivity contribution in [1.29, 1.82) is 0 Å². The van der Waals surface area contributed by atoms with Crippen molar-refractivity contribution < 1.29 is 27.9 Å². The van der Waals surface area contributed by atoms with Crippen molar-refractivity contribution in [3.8, 4) is 10.6 Å². The summed E-state index contributed by atoms with van der Waals surface area (Å²) < 4.78 is 31.7. The van der Waals surface area contributed by atoms with Gasteiger partial charge in [0.25, 0.3) is 0 Å². The van der Waals surface area contributed by atoms with E-state index in [9.17, 15) is 18.0 Å². The Hall–Kier alpha value is -2.17. The average molecular weight is 450 g/mol. The summed E-state index contributed by atoms with van der Waals surface area (Å²) in [5.41, 5.74) is 1.08. The zero-order chi connectivity index (χ0) is 21.4. The van der Waals surface area contributed by atoms with Crippen molar-refractivity contribution in [2.75, 3.05) is 6.54 Å². The molecule has 0 unspecified atom stereocenters. The lowest BCUT2D eigenvalue weighted by Gasteiger charge is -2.23. The molecule has 1 amide bonds. The number of nitrogens with zero attached hydrogens (tertiary/aromatic N) is 1. The largest absolute Gasteiger partial charge is 0.490 e. The molecule has 3 N–H and O–H groups in total.